The van der Waals surface area contributed by atoms with Crippen molar-refractivity contribution in [2.75, 3.05) is 18.1 Å². The number of nitrogens with one attached hydrogen (secondary N) is 1. The van der Waals surface area contributed by atoms with Gasteiger partial charge in [0.1, 0.15) is 5.75 Å². The molecule has 0 saturated carbocycles. The van der Waals surface area contributed by atoms with Crippen LogP contribution in [0.15, 0.2) is 24.3 Å². The third-order valence-electron chi connectivity index (χ3n) is 2.85. The van der Waals surface area contributed by atoms with Crippen molar-refractivity contribution in [2.24, 2.45) is 11.8 Å². The fourth-order valence-electron chi connectivity index (χ4n) is 1.47. The molecule has 1 aromatic carbocycles. The number of nitrogens with two attached hydrogens (primary N) is 1. The third-order valence-corrected chi connectivity index (χ3v) is 4.11. The number of rotatable bonds is 8. The molecule has 106 valence electrons. The molecule has 0 aromatic heterocycles. The fraction of sp³-hybridized carbons (Fsp3) is 0.500. The Kier molecular flexibility index (Phi) is 7.36. The van der Waals surface area contributed by atoms with E-state index in [4.69, 9.17) is 10.6 Å². The van der Waals surface area contributed by atoms with Crippen LogP contribution in [0.3, 0.4) is 0 Å². The molecule has 1 rings (SSSR count). The maximum atomic E-state index is 11.5. The molecule has 1 aromatic rings. The minimum atomic E-state index is -0.331. The highest BCUT2D eigenvalue weighted by Gasteiger charge is 2.10. The quantitative estimate of drug-likeness (QED) is 0.333. The number of carbonyl (C=O) groups is 1. The highest BCUT2D eigenvalue weighted by molar-refractivity contribution is 7.99. The molecule has 0 saturated heterocycles. The third kappa shape index (κ3) is 5.53. The number of thioether (sulfide) groups is 1. The van der Waals surface area contributed by atoms with Crippen LogP contribution >= 0.6 is 11.8 Å². The van der Waals surface area contributed by atoms with Crippen molar-refractivity contribution >= 4 is 17.7 Å². The Morgan fingerprint density at radius 1 is 1.47 bits per heavy atom. The number of nitrogen functional groups attached to an aromatic ring is 1. The molecule has 19 heavy (non-hydrogen) atoms. The number of hydrazine groups is 1. The van der Waals surface area contributed by atoms with Crippen molar-refractivity contribution in [1.82, 2.24) is 5.43 Å². The van der Waals surface area contributed by atoms with Crippen LogP contribution in [0, 0.1) is 5.92 Å². The average Bonchev–Trinajstić information content (AvgIpc) is 2.46. The first-order valence-electron chi connectivity index (χ1n) is 6.49. The molecular formula is C14H22N2O2S. The van der Waals surface area contributed by atoms with E-state index in [-0.39, 0.29) is 5.91 Å². The summed E-state index contributed by atoms with van der Waals surface area (Å²) in [6, 6.07) is 7.11. The molecule has 0 radical (unpaired) electrons. The minimum absolute atomic E-state index is 0.331. The Labute approximate surface area is 119 Å². The Hall–Kier alpha value is -1.20. The largest absolute Gasteiger partial charge is 0.492 e. The standard InChI is InChI=1S/C14H22N2O2S/c1-3-11(2)10-19-9-8-18-13-7-5-4-6-12(13)14(17)16-15/h4-7,11H,3,8-10,15H2,1-2H3,(H,16,17). The summed E-state index contributed by atoms with van der Waals surface area (Å²) in [6.45, 7) is 5.04. The van der Waals surface area contributed by atoms with Crippen molar-refractivity contribution in [3.63, 3.8) is 0 Å². The second-order valence-corrected chi connectivity index (χ2v) is 5.56. The van der Waals surface area contributed by atoms with E-state index in [1.54, 1.807) is 18.2 Å². The monoisotopic (exact) mass is 282 g/mol. The van der Waals surface area contributed by atoms with Gasteiger partial charge in [0.25, 0.3) is 5.91 Å². The van der Waals surface area contributed by atoms with Gasteiger partial charge in [0.15, 0.2) is 0 Å². The van der Waals surface area contributed by atoms with Gasteiger partial charge in [-0.25, -0.2) is 5.84 Å². The van der Waals surface area contributed by atoms with Crippen LogP contribution < -0.4 is 16.0 Å². The molecule has 0 aliphatic heterocycles. The van der Waals surface area contributed by atoms with Gasteiger partial charge in [-0.3, -0.25) is 10.2 Å². The summed E-state index contributed by atoms with van der Waals surface area (Å²) in [5.74, 6) is 8.19. The lowest BCUT2D eigenvalue weighted by Gasteiger charge is -2.11. The molecule has 1 atom stereocenters. The number of carbonyl (C=O) groups excluding carboxylic acids is 1. The Morgan fingerprint density at radius 3 is 2.89 bits per heavy atom. The zero-order valence-electron chi connectivity index (χ0n) is 11.5. The van der Waals surface area contributed by atoms with Crippen LogP contribution in [0.25, 0.3) is 0 Å². The van der Waals surface area contributed by atoms with Crippen LogP contribution in [-0.4, -0.2) is 24.0 Å². The van der Waals surface area contributed by atoms with Crippen molar-refractivity contribution in [3.05, 3.63) is 29.8 Å². The van der Waals surface area contributed by atoms with Gasteiger partial charge in [0, 0.05) is 5.75 Å². The smallest absolute Gasteiger partial charge is 0.268 e. The maximum absolute atomic E-state index is 11.5. The number of para-hydroxylation sites is 1. The van der Waals surface area contributed by atoms with Gasteiger partial charge in [-0.15, -0.1) is 0 Å². The van der Waals surface area contributed by atoms with Crippen LogP contribution in [0.4, 0.5) is 0 Å². The molecule has 0 spiro atoms. The van der Waals surface area contributed by atoms with Gasteiger partial charge in [-0.2, -0.15) is 11.8 Å². The highest BCUT2D eigenvalue weighted by Crippen LogP contribution is 2.18. The van der Waals surface area contributed by atoms with Crippen molar-refractivity contribution < 1.29 is 9.53 Å². The molecule has 0 heterocycles. The molecule has 0 fully saturated rings. The summed E-state index contributed by atoms with van der Waals surface area (Å²) in [7, 11) is 0. The number of ether oxygens (including phenoxy) is 1. The topological polar surface area (TPSA) is 64.3 Å². The summed E-state index contributed by atoms with van der Waals surface area (Å²) in [6.07, 6.45) is 1.20. The van der Waals surface area contributed by atoms with Gasteiger partial charge >= 0.3 is 0 Å². The second kappa shape index (κ2) is 8.82. The van der Waals surface area contributed by atoms with Gasteiger partial charge < -0.3 is 4.74 Å². The van der Waals surface area contributed by atoms with Gasteiger partial charge in [0.2, 0.25) is 0 Å². The van der Waals surface area contributed by atoms with E-state index in [1.807, 2.05) is 17.8 Å². The van der Waals surface area contributed by atoms with Crippen LogP contribution in [-0.2, 0) is 0 Å². The number of hydrogen-bond donors (Lipinski definition) is 2. The summed E-state index contributed by atoms with van der Waals surface area (Å²) in [5, 5.41) is 0. The second-order valence-electron chi connectivity index (χ2n) is 4.41. The van der Waals surface area contributed by atoms with E-state index in [0.717, 1.165) is 17.4 Å². The zero-order chi connectivity index (χ0) is 14.1. The highest BCUT2D eigenvalue weighted by atomic mass is 32.2. The minimum Gasteiger partial charge on any atom is -0.492 e. The Balaban J connectivity index is 2.39. The molecule has 1 amide bonds. The predicted octanol–water partition coefficient (Wildman–Crippen LogP) is 2.45. The number of hydrogen-bond acceptors (Lipinski definition) is 4. The van der Waals surface area contributed by atoms with Crippen LogP contribution in [0.5, 0.6) is 5.75 Å². The van der Waals surface area contributed by atoms with Crippen molar-refractivity contribution in [2.45, 2.75) is 20.3 Å². The lowest BCUT2D eigenvalue weighted by Crippen LogP contribution is -2.30. The summed E-state index contributed by atoms with van der Waals surface area (Å²) in [4.78, 5) is 11.5. The van der Waals surface area contributed by atoms with Crippen molar-refractivity contribution in [1.29, 1.82) is 0 Å². The van der Waals surface area contributed by atoms with E-state index in [9.17, 15) is 4.79 Å². The van der Waals surface area contributed by atoms with Crippen molar-refractivity contribution in [3.8, 4) is 5.75 Å². The lowest BCUT2D eigenvalue weighted by molar-refractivity contribution is 0.0950. The predicted molar refractivity (Wildman–Crippen MR) is 80.4 cm³/mol. The van der Waals surface area contributed by atoms with Gasteiger partial charge in [-0.05, 0) is 23.8 Å². The zero-order valence-corrected chi connectivity index (χ0v) is 12.3. The summed E-state index contributed by atoms with van der Waals surface area (Å²) < 4.78 is 5.64. The average molecular weight is 282 g/mol. The number of amides is 1. The fourth-order valence-corrected chi connectivity index (χ4v) is 2.48. The lowest BCUT2D eigenvalue weighted by atomic mass is 10.2. The van der Waals surface area contributed by atoms with Crippen LogP contribution in [0.2, 0.25) is 0 Å². The summed E-state index contributed by atoms with van der Waals surface area (Å²) >= 11 is 1.87. The van der Waals surface area contributed by atoms with E-state index in [1.165, 1.54) is 6.42 Å². The first kappa shape index (κ1) is 15.9. The summed E-state index contributed by atoms with van der Waals surface area (Å²) in [5.41, 5.74) is 2.59. The molecule has 3 N–H and O–H groups in total. The SMILES string of the molecule is CCC(C)CSCCOc1ccccc1C(=O)NN. The Morgan fingerprint density at radius 2 is 2.21 bits per heavy atom. The van der Waals surface area contributed by atoms with Crippen LogP contribution in [0.1, 0.15) is 30.6 Å². The van der Waals surface area contributed by atoms with Gasteiger partial charge in [-0.1, -0.05) is 32.4 Å². The Bertz CT molecular complexity index is 399. The van der Waals surface area contributed by atoms with E-state index < -0.39 is 0 Å². The molecule has 0 aliphatic carbocycles. The van der Waals surface area contributed by atoms with E-state index >= 15 is 0 Å². The van der Waals surface area contributed by atoms with Gasteiger partial charge in [0.05, 0.1) is 12.2 Å². The molecule has 0 aliphatic rings. The molecule has 1 unspecified atom stereocenters. The molecule has 0 bridgehead atoms. The normalized spacial score (nSPS) is 11.9. The molecule has 5 heteroatoms. The number of benzene rings is 1. The first-order valence-corrected chi connectivity index (χ1v) is 7.65. The maximum Gasteiger partial charge on any atom is 0.268 e. The first-order chi connectivity index (χ1) is 9.19. The van der Waals surface area contributed by atoms with E-state index in [2.05, 4.69) is 19.3 Å². The van der Waals surface area contributed by atoms with E-state index in [0.29, 0.717) is 17.9 Å². The molecule has 4 nitrogen and oxygen atoms in total. The molecular weight excluding hydrogens is 260 g/mol.